The van der Waals surface area contributed by atoms with Crippen molar-refractivity contribution in [3.05, 3.63) is 17.6 Å². The summed E-state index contributed by atoms with van der Waals surface area (Å²) in [5.74, 6) is 0.991. The largest absolute Gasteiger partial charge is 0.465 e. The number of Topliss-reactive ketones (excluding diaryl/α,β-unsaturated/α-hetero) is 1. The second kappa shape index (κ2) is 4.73. The van der Waals surface area contributed by atoms with Gasteiger partial charge in [0.25, 0.3) is 0 Å². The van der Waals surface area contributed by atoms with E-state index in [1.54, 1.807) is 0 Å². The molecule has 1 amide bonds. The average Bonchev–Trinajstić information content (AvgIpc) is 2.74. The SMILES string of the molecule is CC1CC(=O)c2ncnc(N3CCN(C(=O)O)CC3)c21. The third kappa shape index (κ3) is 1.99. The van der Waals surface area contributed by atoms with E-state index in [1.165, 1.54) is 11.2 Å². The van der Waals surface area contributed by atoms with E-state index < -0.39 is 6.09 Å². The average molecular weight is 276 g/mol. The van der Waals surface area contributed by atoms with Crippen molar-refractivity contribution in [2.24, 2.45) is 0 Å². The molecule has 2 heterocycles. The van der Waals surface area contributed by atoms with Crippen LogP contribution in [0.2, 0.25) is 0 Å². The summed E-state index contributed by atoms with van der Waals surface area (Å²) in [5.41, 5.74) is 1.45. The van der Waals surface area contributed by atoms with Crippen LogP contribution in [0.5, 0.6) is 0 Å². The zero-order chi connectivity index (χ0) is 14.3. The van der Waals surface area contributed by atoms with Gasteiger partial charge in [-0.25, -0.2) is 14.8 Å². The highest BCUT2D eigenvalue weighted by atomic mass is 16.4. The molecule has 106 valence electrons. The first kappa shape index (κ1) is 12.8. The van der Waals surface area contributed by atoms with Crippen LogP contribution < -0.4 is 4.90 Å². The Hall–Kier alpha value is -2.18. The molecular formula is C13H16N4O3. The van der Waals surface area contributed by atoms with Crippen LogP contribution in [0.3, 0.4) is 0 Å². The maximum atomic E-state index is 11.9. The monoisotopic (exact) mass is 276 g/mol. The molecule has 0 aromatic carbocycles. The molecule has 1 unspecified atom stereocenters. The minimum atomic E-state index is -0.888. The summed E-state index contributed by atoms with van der Waals surface area (Å²) in [7, 11) is 0. The molecule has 0 radical (unpaired) electrons. The standard InChI is InChI=1S/C13H16N4O3/c1-8-6-9(18)11-10(8)12(15-7-14-11)16-2-4-17(5-3-16)13(19)20/h7-8H,2-6H2,1H3,(H,19,20). The van der Waals surface area contributed by atoms with Crippen molar-refractivity contribution >= 4 is 17.7 Å². The Bertz CT molecular complexity index is 567. The van der Waals surface area contributed by atoms with Crippen molar-refractivity contribution in [1.29, 1.82) is 0 Å². The number of hydrogen-bond acceptors (Lipinski definition) is 5. The minimum Gasteiger partial charge on any atom is -0.465 e. The first-order valence-corrected chi connectivity index (χ1v) is 6.69. The Morgan fingerprint density at radius 1 is 1.30 bits per heavy atom. The van der Waals surface area contributed by atoms with Gasteiger partial charge in [-0.2, -0.15) is 0 Å². The summed E-state index contributed by atoms with van der Waals surface area (Å²) in [4.78, 5) is 34.6. The lowest BCUT2D eigenvalue weighted by Crippen LogP contribution is -2.48. The van der Waals surface area contributed by atoms with Crippen LogP contribution >= 0.6 is 0 Å². The lowest BCUT2D eigenvalue weighted by Gasteiger charge is -2.34. The molecule has 1 fully saturated rings. The number of amides is 1. The molecular weight excluding hydrogens is 260 g/mol. The van der Waals surface area contributed by atoms with E-state index in [0.717, 1.165) is 11.4 Å². The lowest BCUT2D eigenvalue weighted by atomic mass is 10.1. The van der Waals surface area contributed by atoms with E-state index in [2.05, 4.69) is 14.9 Å². The molecule has 3 rings (SSSR count). The smallest absolute Gasteiger partial charge is 0.407 e. The molecule has 0 saturated carbocycles. The van der Waals surface area contributed by atoms with Crippen LogP contribution in [0, 0.1) is 0 Å². The van der Waals surface area contributed by atoms with Crippen LogP contribution in [0.1, 0.15) is 35.3 Å². The normalized spacial score (nSPS) is 22.1. The van der Waals surface area contributed by atoms with Crippen LogP contribution in [0.4, 0.5) is 10.6 Å². The fraction of sp³-hybridized carbons (Fsp3) is 0.538. The fourth-order valence-corrected chi connectivity index (χ4v) is 2.90. The molecule has 7 nitrogen and oxygen atoms in total. The van der Waals surface area contributed by atoms with Gasteiger partial charge in [0.05, 0.1) is 0 Å². The van der Waals surface area contributed by atoms with Crippen molar-refractivity contribution in [1.82, 2.24) is 14.9 Å². The summed E-state index contributed by atoms with van der Waals surface area (Å²) in [5, 5.41) is 8.96. The van der Waals surface area contributed by atoms with E-state index in [1.807, 2.05) is 6.92 Å². The molecule has 7 heteroatoms. The van der Waals surface area contributed by atoms with Gasteiger partial charge in [-0.1, -0.05) is 6.92 Å². The molecule has 1 saturated heterocycles. The number of fused-ring (bicyclic) bond motifs is 1. The van der Waals surface area contributed by atoms with E-state index in [0.29, 0.717) is 38.3 Å². The number of anilines is 1. The Balaban J connectivity index is 1.86. The third-order valence-corrected chi connectivity index (χ3v) is 3.96. The molecule has 1 aromatic heterocycles. The number of ketones is 1. The topological polar surface area (TPSA) is 86.6 Å². The number of aromatic nitrogens is 2. The number of carboxylic acid groups (broad SMARTS) is 1. The molecule has 1 aliphatic carbocycles. The van der Waals surface area contributed by atoms with Gasteiger partial charge in [-0.15, -0.1) is 0 Å². The quantitative estimate of drug-likeness (QED) is 0.822. The molecule has 1 aliphatic heterocycles. The maximum absolute atomic E-state index is 11.9. The zero-order valence-electron chi connectivity index (χ0n) is 11.2. The van der Waals surface area contributed by atoms with Crippen molar-refractivity contribution in [3.8, 4) is 0 Å². The second-order valence-electron chi connectivity index (χ2n) is 5.24. The van der Waals surface area contributed by atoms with Crippen LogP contribution in [-0.2, 0) is 0 Å². The third-order valence-electron chi connectivity index (χ3n) is 3.96. The van der Waals surface area contributed by atoms with Crippen molar-refractivity contribution in [2.75, 3.05) is 31.1 Å². The highest BCUT2D eigenvalue weighted by molar-refractivity contribution is 6.00. The van der Waals surface area contributed by atoms with E-state index in [-0.39, 0.29) is 11.7 Å². The van der Waals surface area contributed by atoms with Gasteiger partial charge >= 0.3 is 6.09 Å². The predicted molar refractivity (Wildman–Crippen MR) is 71.2 cm³/mol. The molecule has 20 heavy (non-hydrogen) atoms. The molecule has 0 spiro atoms. The Morgan fingerprint density at radius 3 is 2.65 bits per heavy atom. The second-order valence-corrected chi connectivity index (χ2v) is 5.24. The number of piperazine rings is 1. The van der Waals surface area contributed by atoms with Gasteiger partial charge in [0.15, 0.2) is 5.78 Å². The number of hydrogen-bond donors (Lipinski definition) is 1. The van der Waals surface area contributed by atoms with Crippen LogP contribution in [0.25, 0.3) is 0 Å². The fourth-order valence-electron chi connectivity index (χ4n) is 2.90. The van der Waals surface area contributed by atoms with Gasteiger partial charge in [0.1, 0.15) is 17.8 Å². The van der Waals surface area contributed by atoms with E-state index in [4.69, 9.17) is 5.11 Å². The zero-order valence-corrected chi connectivity index (χ0v) is 11.2. The Morgan fingerprint density at radius 2 is 2.00 bits per heavy atom. The highest BCUT2D eigenvalue weighted by Gasteiger charge is 2.33. The number of rotatable bonds is 1. The minimum absolute atomic E-state index is 0.0697. The number of carbonyl (C=O) groups is 2. The van der Waals surface area contributed by atoms with E-state index >= 15 is 0 Å². The summed E-state index contributed by atoms with van der Waals surface area (Å²) in [6.07, 6.45) is 1.02. The molecule has 1 N–H and O–H groups in total. The summed E-state index contributed by atoms with van der Waals surface area (Å²) in [6.45, 7) is 4.10. The summed E-state index contributed by atoms with van der Waals surface area (Å²) >= 11 is 0. The number of carbonyl (C=O) groups excluding carboxylic acids is 1. The number of nitrogens with zero attached hydrogens (tertiary/aromatic N) is 4. The van der Waals surface area contributed by atoms with Gasteiger partial charge < -0.3 is 14.9 Å². The molecule has 2 aliphatic rings. The van der Waals surface area contributed by atoms with Gasteiger partial charge in [-0.3, -0.25) is 4.79 Å². The summed E-state index contributed by atoms with van der Waals surface area (Å²) in [6, 6.07) is 0. The van der Waals surface area contributed by atoms with Crippen LogP contribution in [0.15, 0.2) is 6.33 Å². The van der Waals surface area contributed by atoms with E-state index in [9.17, 15) is 9.59 Å². The van der Waals surface area contributed by atoms with Crippen molar-refractivity contribution in [3.63, 3.8) is 0 Å². The first-order chi connectivity index (χ1) is 9.58. The van der Waals surface area contributed by atoms with Gasteiger partial charge in [0, 0.05) is 38.2 Å². The highest BCUT2D eigenvalue weighted by Crippen LogP contribution is 2.37. The Kier molecular flexibility index (Phi) is 3.04. The van der Waals surface area contributed by atoms with Crippen LogP contribution in [-0.4, -0.2) is 58.0 Å². The molecule has 1 aromatic rings. The van der Waals surface area contributed by atoms with Crippen molar-refractivity contribution in [2.45, 2.75) is 19.3 Å². The van der Waals surface area contributed by atoms with Gasteiger partial charge in [-0.05, 0) is 5.92 Å². The first-order valence-electron chi connectivity index (χ1n) is 6.69. The summed E-state index contributed by atoms with van der Waals surface area (Å²) < 4.78 is 0. The van der Waals surface area contributed by atoms with Gasteiger partial charge in [0.2, 0.25) is 0 Å². The van der Waals surface area contributed by atoms with Crippen molar-refractivity contribution < 1.29 is 14.7 Å². The molecule has 1 atom stereocenters. The Labute approximate surface area is 116 Å². The molecule has 0 bridgehead atoms. The maximum Gasteiger partial charge on any atom is 0.407 e. The predicted octanol–water partition coefficient (Wildman–Crippen LogP) is 0.967. The lowest BCUT2D eigenvalue weighted by molar-refractivity contribution is 0.0986.